The molecule has 5 nitrogen and oxygen atoms in total. The van der Waals surface area contributed by atoms with Crippen LogP contribution in [0.2, 0.25) is 0 Å². The van der Waals surface area contributed by atoms with E-state index in [9.17, 15) is 0 Å². The Morgan fingerprint density at radius 3 is 1.71 bits per heavy atom. The zero-order chi connectivity index (χ0) is 36.0. The monoisotopic (exact) mass is 702 g/mol. The number of benzene rings is 8. The van der Waals surface area contributed by atoms with E-state index in [1.54, 1.807) is 0 Å². The lowest BCUT2D eigenvalue weighted by Gasteiger charge is -2.13. The van der Waals surface area contributed by atoms with Gasteiger partial charge in [0.1, 0.15) is 11.2 Å². The first-order chi connectivity index (χ1) is 27.3. The van der Waals surface area contributed by atoms with E-state index in [2.05, 4.69) is 179 Å². The number of hydrogen-bond acceptors (Lipinski definition) is 3. The van der Waals surface area contributed by atoms with E-state index in [0.717, 1.165) is 77.6 Å². The first-order valence-electron chi connectivity index (χ1n) is 18.6. The highest BCUT2D eigenvalue weighted by Crippen LogP contribution is 2.39. The van der Waals surface area contributed by atoms with Crippen LogP contribution in [0.4, 0.5) is 0 Å². The molecule has 0 saturated heterocycles. The minimum atomic E-state index is 0.635. The second-order valence-electron chi connectivity index (χ2n) is 14.2. The number of hydrogen-bond donors (Lipinski definition) is 0. The van der Waals surface area contributed by atoms with Crippen LogP contribution in [0, 0.1) is 0 Å². The van der Waals surface area contributed by atoms with Gasteiger partial charge in [0, 0.05) is 49.1 Å². The SMILES string of the molecule is c1ccc2c(-c3cc(-c4ccc5c6ccccc6n(-c6ccc7oc8ccccc8c7c6)c5c4)nc(-n4c5ccccc5c5ccccc54)n3)cccc2c1. The van der Waals surface area contributed by atoms with Gasteiger partial charge in [-0.25, -0.2) is 9.97 Å². The molecule has 0 N–H and O–H groups in total. The van der Waals surface area contributed by atoms with Crippen LogP contribution in [0.1, 0.15) is 0 Å². The third kappa shape index (κ3) is 4.47. The summed E-state index contributed by atoms with van der Waals surface area (Å²) in [6, 6.07) is 64.3. The molecule has 55 heavy (non-hydrogen) atoms. The predicted octanol–water partition coefficient (Wildman–Crippen LogP) is 13.1. The Morgan fingerprint density at radius 1 is 0.364 bits per heavy atom. The highest BCUT2D eigenvalue weighted by atomic mass is 16.3. The van der Waals surface area contributed by atoms with Crippen LogP contribution in [0.25, 0.3) is 110 Å². The van der Waals surface area contributed by atoms with Crippen LogP contribution in [0.15, 0.2) is 186 Å². The van der Waals surface area contributed by atoms with Gasteiger partial charge in [0.15, 0.2) is 0 Å². The van der Waals surface area contributed by atoms with E-state index in [-0.39, 0.29) is 0 Å². The maximum Gasteiger partial charge on any atom is 0.235 e. The fourth-order valence-corrected chi connectivity index (χ4v) is 8.67. The number of furan rings is 1. The van der Waals surface area contributed by atoms with Crippen LogP contribution in [-0.4, -0.2) is 19.1 Å². The number of rotatable bonds is 4. The molecule has 0 saturated carbocycles. The van der Waals surface area contributed by atoms with Gasteiger partial charge in [0.25, 0.3) is 0 Å². The van der Waals surface area contributed by atoms with Crippen LogP contribution in [-0.2, 0) is 0 Å². The maximum atomic E-state index is 6.22. The van der Waals surface area contributed by atoms with Gasteiger partial charge in [-0.3, -0.25) is 4.57 Å². The maximum absolute atomic E-state index is 6.22. The zero-order valence-electron chi connectivity index (χ0n) is 29.5. The number of para-hydroxylation sites is 4. The standard InChI is InChI=1S/C50H30N4O/c1-2-14-34-31(12-1)13-11-19-35(34)43-30-42(51-50(52-43)54-45-21-8-4-15-36(45)37-16-5-9-22-46(37)54)32-24-26-39-38-17-3-7-20-44(38)53(47(39)28-32)33-25-27-49-41(29-33)40-18-6-10-23-48(40)55-49/h1-30H. The average molecular weight is 703 g/mol. The van der Waals surface area contributed by atoms with E-state index in [4.69, 9.17) is 14.4 Å². The Morgan fingerprint density at radius 2 is 0.945 bits per heavy atom. The van der Waals surface area contributed by atoms with E-state index >= 15 is 0 Å². The van der Waals surface area contributed by atoms with Gasteiger partial charge in [-0.15, -0.1) is 0 Å². The molecule has 5 heteroatoms. The molecule has 0 aliphatic heterocycles. The van der Waals surface area contributed by atoms with Crippen molar-refractivity contribution < 1.29 is 4.42 Å². The van der Waals surface area contributed by atoms with Crippen molar-refractivity contribution in [2.24, 2.45) is 0 Å². The van der Waals surface area contributed by atoms with Crippen LogP contribution < -0.4 is 0 Å². The van der Waals surface area contributed by atoms with Crippen LogP contribution in [0.3, 0.4) is 0 Å². The first-order valence-corrected chi connectivity index (χ1v) is 18.6. The molecule has 0 unspecified atom stereocenters. The summed E-state index contributed by atoms with van der Waals surface area (Å²) in [5, 5.41) is 9.27. The summed E-state index contributed by atoms with van der Waals surface area (Å²) in [5.74, 6) is 0.635. The van der Waals surface area contributed by atoms with Crippen molar-refractivity contribution in [1.82, 2.24) is 19.1 Å². The Hall–Kier alpha value is -7.50. The van der Waals surface area contributed by atoms with Crippen molar-refractivity contribution in [2.75, 3.05) is 0 Å². The molecule has 0 radical (unpaired) electrons. The molecule has 0 spiro atoms. The molecule has 256 valence electrons. The summed E-state index contributed by atoms with van der Waals surface area (Å²) in [6.07, 6.45) is 0. The van der Waals surface area contributed by atoms with Gasteiger partial charge in [-0.1, -0.05) is 127 Å². The molecule has 8 aromatic carbocycles. The average Bonchev–Trinajstić information content (AvgIpc) is 3.90. The van der Waals surface area contributed by atoms with Crippen molar-refractivity contribution in [1.29, 1.82) is 0 Å². The molecule has 12 aromatic rings. The number of fused-ring (bicyclic) bond motifs is 10. The Labute approximate surface area is 315 Å². The summed E-state index contributed by atoms with van der Waals surface area (Å²) >= 11 is 0. The molecule has 0 aliphatic carbocycles. The van der Waals surface area contributed by atoms with E-state index in [1.807, 2.05) is 12.1 Å². The largest absolute Gasteiger partial charge is 0.456 e. The summed E-state index contributed by atoms with van der Waals surface area (Å²) in [6.45, 7) is 0. The second-order valence-corrected chi connectivity index (χ2v) is 14.2. The first kappa shape index (κ1) is 30.0. The van der Waals surface area contributed by atoms with Gasteiger partial charge in [-0.2, -0.15) is 0 Å². The highest BCUT2D eigenvalue weighted by Gasteiger charge is 2.20. The Kier molecular flexibility index (Phi) is 6.27. The van der Waals surface area contributed by atoms with E-state index in [0.29, 0.717) is 5.95 Å². The lowest BCUT2D eigenvalue weighted by atomic mass is 10.0. The summed E-state index contributed by atoms with van der Waals surface area (Å²) in [5.41, 5.74) is 11.0. The molecule has 12 rings (SSSR count). The topological polar surface area (TPSA) is 48.8 Å². The van der Waals surface area contributed by atoms with Gasteiger partial charge in [-0.05, 0) is 65.4 Å². The van der Waals surface area contributed by atoms with Crippen molar-refractivity contribution in [3.63, 3.8) is 0 Å². The third-order valence-corrected chi connectivity index (χ3v) is 11.1. The quantitative estimate of drug-likeness (QED) is 0.183. The zero-order valence-corrected chi connectivity index (χ0v) is 29.5. The van der Waals surface area contributed by atoms with E-state index in [1.165, 1.54) is 26.9 Å². The normalized spacial score (nSPS) is 12.0. The lowest BCUT2D eigenvalue weighted by molar-refractivity contribution is 0.669. The highest BCUT2D eigenvalue weighted by molar-refractivity contribution is 6.12. The molecule has 0 bridgehead atoms. The van der Waals surface area contributed by atoms with Gasteiger partial charge >= 0.3 is 0 Å². The van der Waals surface area contributed by atoms with Crippen molar-refractivity contribution in [2.45, 2.75) is 0 Å². The molecule has 0 fully saturated rings. The molecule has 0 atom stereocenters. The molecular formula is C50H30N4O. The molecule has 0 amide bonds. The van der Waals surface area contributed by atoms with Crippen molar-refractivity contribution in [3.05, 3.63) is 182 Å². The van der Waals surface area contributed by atoms with Gasteiger partial charge in [0.05, 0.1) is 33.5 Å². The third-order valence-electron chi connectivity index (χ3n) is 11.1. The molecule has 0 aliphatic rings. The van der Waals surface area contributed by atoms with Crippen LogP contribution in [0.5, 0.6) is 0 Å². The minimum Gasteiger partial charge on any atom is -0.456 e. The summed E-state index contributed by atoms with van der Waals surface area (Å²) in [7, 11) is 0. The van der Waals surface area contributed by atoms with E-state index < -0.39 is 0 Å². The number of nitrogens with zero attached hydrogens (tertiary/aromatic N) is 4. The lowest BCUT2D eigenvalue weighted by Crippen LogP contribution is -2.04. The van der Waals surface area contributed by atoms with Crippen molar-refractivity contribution >= 4 is 76.3 Å². The Bertz CT molecular complexity index is 3450. The Balaban J connectivity index is 1.14. The fraction of sp³-hybridized carbons (Fsp3) is 0. The summed E-state index contributed by atoms with van der Waals surface area (Å²) in [4.78, 5) is 10.8. The fourth-order valence-electron chi connectivity index (χ4n) is 8.67. The second kappa shape index (κ2) is 11.5. The van der Waals surface area contributed by atoms with Gasteiger partial charge < -0.3 is 8.98 Å². The molecule has 4 heterocycles. The van der Waals surface area contributed by atoms with Gasteiger partial charge in [0.2, 0.25) is 5.95 Å². The smallest absolute Gasteiger partial charge is 0.235 e. The van der Waals surface area contributed by atoms with Crippen LogP contribution >= 0.6 is 0 Å². The number of aromatic nitrogens is 4. The summed E-state index contributed by atoms with van der Waals surface area (Å²) < 4.78 is 10.8. The van der Waals surface area contributed by atoms with Crippen molar-refractivity contribution in [3.8, 4) is 34.2 Å². The minimum absolute atomic E-state index is 0.635. The molecular weight excluding hydrogens is 673 g/mol. The predicted molar refractivity (Wildman–Crippen MR) is 226 cm³/mol. The molecule has 4 aromatic heterocycles.